The summed E-state index contributed by atoms with van der Waals surface area (Å²) in [4.78, 5) is 11.3. The molecule has 14 heavy (non-hydrogen) atoms. The second-order valence-electron chi connectivity index (χ2n) is 5.28. The number of epoxide rings is 1. The normalized spacial score (nSPS) is 39.5. The van der Waals surface area contributed by atoms with Crippen LogP contribution in [0.1, 0.15) is 39.5 Å². The standard InChI is InChI=1S/C11H18O3/c1-10(2)5-4-6-11(7-10)8(14-11)9(12)13-3/h8H,4-7H2,1-3H3. The second-order valence-corrected chi connectivity index (χ2v) is 5.28. The van der Waals surface area contributed by atoms with Gasteiger partial charge in [-0.2, -0.15) is 0 Å². The maximum Gasteiger partial charge on any atom is 0.338 e. The topological polar surface area (TPSA) is 38.8 Å². The van der Waals surface area contributed by atoms with Crippen molar-refractivity contribution in [2.75, 3.05) is 7.11 Å². The van der Waals surface area contributed by atoms with Gasteiger partial charge in [-0.15, -0.1) is 0 Å². The molecule has 1 heterocycles. The molecule has 1 saturated carbocycles. The second kappa shape index (κ2) is 2.96. The molecule has 1 aliphatic heterocycles. The number of hydrogen-bond acceptors (Lipinski definition) is 3. The molecular weight excluding hydrogens is 180 g/mol. The van der Waals surface area contributed by atoms with Crippen molar-refractivity contribution in [3.8, 4) is 0 Å². The van der Waals surface area contributed by atoms with Crippen LogP contribution in [0.5, 0.6) is 0 Å². The van der Waals surface area contributed by atoms with E-state index in [0.29, 0.717) is 5.41 Å². The van der Waals surface area contributed by atoms with Gasteiger partial charge in [0.15, 0.2) is 6.10 Å². The van der Waals surface area contributed by atoms with E-state index in [4.69, 9.17) is 9.47 Å². The fraction of sp³-hybridized carbons (Fsp3) is 0.909. The maximum atomic E-state index is 11.3. The molecule has 2 atom stereocenters. The Labute approximate surface area is 84.8 Å². The molecule has 0 aromatic rings. The molecule has 0 bridgehead atoms. The summed E-state index contributed by atoms with van der Waals surface area (Å²) in [6.07, 6.45) is 4.09. The fourth-order valence-corrected chi connectivity index (χ4v) is 2.75. The van der Waals surface area contributed by atoms with Crippen LogP contribution < -0.4 is 0 Å². The molecule has 3 heteroatoms. The van der Waals surface area contributed by atoms with Gasteiger partial charge in [-0.05, 0) is 31.1 Å². The molecule has 0 N–H and O–H groups in total. The molecule has 1 spiro atoms. The summed E-state index contributed by atoms with van der Waals surface area (Å²) in [7, 11) is 1.42. The number of esters is 1. The molecule has 2 unspecified atom stereocenters. The molecular formula is C11H18O3. The number of rotatable bonds is 1. The van der Waals surface area contributed by atoms with E-state index in [1.54, 1.807) is 0 Å². The molecule has 0 aromatic carbocycles. The summed E-state index contributed by atoms with van der Waals surface area (Å²) in [5, 5.41) is 0. The molecule has 1 aliphatic carbocycles. The van der Waals surface area contributed by atoms with Crippen molar-refractivity contribution in [2.45, 2.75) is 51.2 Å². The summed E-state index contributed by atoms with van der Waals surface area (Å²) in [6.45, 7) is 4.48. The first-order valence-corrected chi connectivity index (χ1v) is 5.25. The lowest BCUT2D eigenvalue weighted by Gasteiger charge is -2.33. The lowest BCUT2D eigenvalue weighted by atomic mass is 9.71. The fourth-order valence-electron chi connectivity index (χ4n) is 2.75. The third-order valence-electron chi connectivity index (χ3n) is 3.42. The third kappa shape index (κ3) is 1.54. The molecule has 0 aromatic heterocycles. The Morgan fingerprint density at radius 1 is 1.43 bits per heavy atom. The quantitative estimate of drug-likeness (QED) is 0.477. The van der Waals surface area contributed by atoms with Crippen molar-refractivity contribution in [3.05, 3.63) is 0 Å². The van der Waals surface area contributed by atoms with E-state index in [9.17, 15) is 4.79 Å². The van der Waals surface area contributed by atoms with Crippen LogP contribution in [0.15, 0.2) is 0 Å². The summed E-state index contributed by atoms with van der Waals surface area (Å²) in [5.41, 5.74) is 0.135. The van der Waals surface area contributed by atoms with Crippen molar-refractivity contribution in [1.29, 1.82) is 0 Å². The highest BCUT2D eigenvalue weighted by Crippen LogP contribution is 2.54. The van der Waals surface area contributed by atoms with Crippen LogP contribution in [-0.2, 0) is 14.3 Å². The summed E-state index contributed by atoms with van der Waals surface area (Å²) >= 11 is 0. The van der Waals surface area contributed by atoms with Crippen LogP contribution in [0.25, 0.3) is 0 Å². The smallest absolute Gasteiger partial charge is 0.338 e. The van der Waals surface area contributed by atoms with Crippen molar-refractivity contribution < 1.29 is 14.3 Å². The molecule has 80 valence electrons. The van der Waals surface area contributed by atoms with E-state index in [1.807, 2.05) is 0 Å². The van der Waals surface area contributed by atoms with E-state index >= 15 is 0 Å². The largest absolute Gasteiger partial charge is 0.467 e. The number of ether oxygens (including phenoxy) is 2. The summed E-state index contributed by atoms with van der Waals surface area (Å²) < 4.78 is 10.3. The van der Waals surface area contributed by atoms with Gasteiger partial charge in [-0.3, -0.25) is 0 Å². The van der Waals surface area contributed by atoms with Gasteiger partial charge >= 0.3 is 5.97 Å². The average molecular weight is 198 g/mol. The van der Waals surface area contributed by atoms with E-state index in [1.165, 1.54) is 13.5 Å². The Morgan fingerprint density at radius 2 is 2.14 bits per heavy atom. The van der Waals surface area contributed by atoms with Gasteiger partial charge in [0.25, 0.3) is 0 Å². The van der Waals surface area contributed by atoms with Crippen LogP contribution in [-0.4, -0.2) is 24.8 Å². The van der Waals surface area contributed by atoms with Gasteiger partial charge in [0, 0.05) is 0 Å². The van der Waals surface area contributed by atoms with Crippen molar-refractivity contribution in [2.24, 2.45) is 5.41 Å². The van der Waals surface area contributed by atoms with Gasteiger partial charge < -0.3 is 9.47 Å². The van der Waals surface area contributed by atoms with E-state index in [2.05, 4.69) is 13.8 Å². The summed E-state index contributed by atoms with van der Waals surface area (Å²) in [5.74, 6) is -0.206. The zero-order valence-corrected chi connectivity index (χ0v) is 9.13. The first-order chi connectivity index (χ1) is 6.49. The lowest BCUT2D eigenvalue weighted by Crippen LogP contribution is -2.32. The van der Waals surface area contributed by atoms with Gasteiger partial charge in [0.05, 0.1) is 7.11 Å². The molecule has 2 rings (SSSR count). The number of carbonyl (C=O) groups is 1. The van der Waals surface area contributed by atoms with E-state index in [-0.39, 0.29) is 17.7 Å². The minimum atomic E-state index is -0.285. The van der Waals surface area contributed by atoms with Crippen LogP contribution >= 0.6 is 0 Å². The molecule has 0 amide bonds. The zero-order chi connectivity index (χ0) is 10.4. The first-order valence-electron chi connectivity index (χ1n) is 5.25. The molecule has 0 radical (unpaired) electrons. The molecule has 2 aliphatic rings. The highest BCUT2D eigenvalue weighted by Gasteiger charge is 2.63. The Hall–Kier alpha value is -0.570. The third-order valence-corrected chi connectivity index (χ3v) is 3.42. The van der Waals surface area contributed by atoms with Crippen molar-refractivity contribution in [1.82, 2.24) is 0 Å². The van der Waals surface area contributed by atoms with Gasteiger partial charge in [-0.1, -0.05) is 13.8 Å². The van der Waals surface area contributed by atoms with E-state index in [0.717, 1.165) is 19.3 Å². The Kier molecular flexibility index (Phi) is 2.11. The molecule has 3 nitrogen and oxygen atoms in total. The number of hydrogen-bond donors (Lipinski definition) is 0. The van der Waals surface area contributed by atoms with Crippen LogP contribution in [0.4, 0.5) is 0 Å². The van der Waals surface area contributed by atoms with Crippen LogP contribution in [0, 0.1) is 5.41 Å². The lowest BCUT2D eigenvalue weighted by molar-refractivity contribution is -0.142. The first kappa shape index (κ1) is 9.97. The van der Waals surface area contributed by atoms with Crippen molar-refractivity contribution >= 4 is 5.97 Å². The Morgan fingerprint density at radius 3 is 2.71 bits per heavy atom. The number of methoxy groups -OCH3 is 1. The highest BCUT2D eigenvalue weighted by molar-refractivity contribution is 5.79. The Balaban J connectivity index is 2.03. The van der Waals surface area contributed by atoms with Gasteiger partial charge in [0.2, 0.25) is 0 Å². The monoisotopic (exact) mass is 198 g/mol. The van der Waals surface area contributed by atoms with E-state index < -0.39 is 0 Å². The van der Waals surface area contributed by atoms with Crippen LogP contribution in [0.2, 0.25) is 0 Å². The number of carbonyl (C=O) groups excluding carboxylic acids is 1. The predicted molar refractivity (Wildman–Crippen MR) is 51.9 cm³/mol. The minimum absolute atomic E-state index is 0.172. The van der Waals surface area contributed by atoms with Crippen molar-refractivity contribution in [3.63, 3.8) is 0 Å². The zero-order valence-electron chi connectivity index (χ0n) is 9.13. The molecule has 1 saturated heterocycles. The minimum Gasteiger partial charge on any atom is -0.467 e. The van der Waals surface area contributed by atoms with Gasteiger partial charge in [-0.25, -0.2) is 4.79 Å². The predicted octanol–water partition coefficient (Wildman–Crippen LogP) is 1.90. The molecule has 2 fully saturated rings. The maximum absolute atomic E-state index is 11.3. The van der Waals surface area contributed by atoms with Gasteiger partial charge in [0.1, 0.15) is 5.60 Å². The SMILES string of the molecule is COC(=O)C1OC12CCCC(C)(C)C2. The highest BCUT2D eigenvalue weighted by atomic mass is 16.7. The van der Waals surface area contributed by atoms with Crippen LogP contribution in [0.3, 0.4) is 0 Å². The Bertz CT molecular complexity index is 259. The average Bonchev–Trinajstić information content (AvgIpc) is 2.75. The summed E-state index contributed by atoms with van der Waals surface area (Å²) in [6, 6.07) is 0.